The van der Waals surface area contributed by atoms with Crippen LogP contribution in [0.3, 0.4) is 0 Å². The van der Waals surface area contributed by atoms with Gasteiger partial charge >= 0.3 is 5.97 Å². The van der Waals surface area contributed by atoms with Gasteiger partial charge in [-0.2, -0.15) is 0 Å². The van der Waals surface area contributed by atoms with Crippen molar-refractivity contribution in [3.8, 4) is 5.75 Å². The highest BCUT2D eigenvalue weighted by Gasteiger charge is 2.18. The van der Waals surface area contributed by atoms with E-state index in [4.69, 9.17) is 4.74 Å². The van der Waals surface area contributed by atoms with Crippen molar-refractivity contribution in [1.29, 1.82) is 0 Å². The second-order valence-electron chi connectivity index (χ2n) is 6.71. The summed E-state index contributed by atoms with van der Waals surface area (Å²) in [4.78, 5) is 37.1. The molecule has 168 valence electrons. The Morgan fingerprint density at radius 1 is 1.00 bits per heavy atom. The fourth-order valence-electron chi connectivity index (χ4n) is 2.83. The van der Waals surface area contributed by atoms with Crippen LogP contribution in [0.15, 0.2) is 76.9 Å². The molecule has 0 unspecified atom stereocenters. The van der Waals surface area contributed by atoms with Crippen LogP contribution < -0.4 is 15.4 Å². The lowest BCUT2D eigenvalue weighted by Gasteiger charge is -2.14. The van der Waals surface area contributed by atoms with Gasteiger partial charge < -0.3 is 20.5 Å². The highest BCUT2D eigenvalue weighted by molar-refractivity contribution is 9.10. The first-order valence-electron chi connectivity index (χ1n) is 9.54. The van der Waals surface area contributed by atoms with Gasteiger partial charge in [-0.15, -0.1) is 0 Å². The van der Waals surface area contributed by atoms with Gasteiger partial charge in [0.25, 0.3) is 11.8 Å². The van der Waals surface area contributed by atoms with Crippen molar-refractivity contribution < 1.29 is 28.6 Å². The molecule has 0 spiro atoms. The minimum atomic E-state index is -1.20. The molecule has 0 heterocycles. The van der Waals surface area contributed by atoms with Gasteiger partial charge in [0.2, 0.25) is 0 Å². The third-order valence-corrected chi connectivity index (χ3v) is 5.03. The van der Waals surface area contributed by atoms with E-state index in [0.29, 0.717) is 0 Å². The first-order valence-corrected chi connectivity index (χ1v) is 10.3. The number of anilines is 1. The molecule has 0 fully saturated rings. The molecule has 0 bridgehead atoms. The molecular weight excluding hydrogens is 495 g/mol. The number of carbonyl (C=O) groups is 3. The van der Waals surface area contributed by atoms with E-state index < -0.39 is 23.6 Å². The van der Waals surface area contributed by atoms with Crippen LogP contribution >= 0.6 is 15.9 Å². The number of halogens is 2. The minimum Gasteiger partial charge on any atom is -0.495 e. The van der Waals surface area contributed by atoms with E-state index >= 15 is 0 Å². The van der Waals surface area contributed by atoms with Gasteiger partial charge in [0.1, 0.15) is 17.3 Å². The second kappa shape index (κ2) is 10.6. The number of carboxylic acid groups (broad SMARTS) is 1. The maximum absolute atomic E-state index is 14.2. The zero-order valence-electron chi connectivity index (χ0n) is 17.3. The van der Waals surface area contributed by atoms with Crippen LogP contribution in [0.2, 0.25) is 0 Å². The lowest BCUT2D eigenvalue weighted by atomic mass is 10.1. The Morgan fingerprint density at radius 3 is 2.30 bits per heavy atom. The summed E-state index contributed by atoms with van der Waals surface area (Å²) in [6.45, 7) is 0. The topological polar surface area (TPSA) is 105 Å². The Morgan fingerprint density at radius 2 is 1.67 bits per heavy atom. The SMILES string of the molecule is COc1ccc(C(=O)O)cc1NC(=O)C(=Cc1ccccc1F)NC(=O)c1ccc(Br)cc1. The number of carbonyl (C=O) groups excluding carboxylic acids is 2. The number of benzene rings is 3. The largest absolute Gasteiger partial charge is 0.495 e. The second-order valence-corrected chi connectivity index (χ2v) is 7.63. The monoisotopic (exact) mass is 512 g/mol. The number of carboxylic acids is 1. The quantitative estimate of drug-likeness (QED) is 0.398. The van der Waals surface area contributed by atoms with Crippen molar-refractivity contribution in [2.75, 3.05) is 12.4 Å². The van der Waals surface area contributed by atoms with Crippen molar-refractivity contribution >= 4 is 45.5 Å². The Balaban J connectivity index is 1.97. The summed E-state index contributed by atoms with van der Waals surface area (Å²) in [6, 6.07) is 16.1. The Hall–Kier alpha value is -3.98. The molecule has 2 amide bonds. The summed E-state index contributed by atoms with van der Waals surface area (Å²) in [6.07, 6.45) is 1.19. The highest BCUT2D eigenvalue weighted by atomic mass is 79.9. The molecule has 0 aromatic heterocycles. The molecule has 3 rings (SSSR count). The molecule has 0 aliphatic heterocycles. The number of rotatable bonds is 7. The fraction of sp³-hybridized carbons (Fsp3) is 0.0417. The number of aromatic carboxylic acids is 1. The zero-order valence-corrected chi connectivity index (χ0v) is 18.9. The maximum Gasteiger partial charge on any atom is 0.335 e. The van der Waals surface area contributed by atoms with Crippen LogP contribution in [0.5, 0.6) is 5.75 Å². The Kier molecular flexibility index (Phi) is 7.57. The molecule has 3 N–H and O–H groups in total. The van der Waals surface area contributed by atoms with E-state index in [1.54, 1.807) is 30.3 Å². The number of hydrogen-bond acceptors (Lipinski definition) is 4. The van der Waals surface area contributed by atoms with E-state index in [9.17, 15) is 23.9 Å². The first kappa shape index (κ1) is 23.7. The zero-order chi connectivity index (χ0) is 24.0. The standard InChI is InChI=1S/C24H18BrFN2O5/c1-33-21-11-8-16(24(31)32)13-19(21)27-23(30)20(12-15-4-2-3-5-18(15)26)28-22(29)14-6-9-17(25)10-7-14/h2-13H,1H3,(H,27,30)(H,28,29)(H,31,32). The van der Waals surface area contributed by atoms with Gasteiger partial charge in [0, 0.05) is 15.6 Å². The van der Waals surface area contributed by atoms with Crippen molar-refractivity contribution in [1.82, 2.24) is 5.32 Å². The molecule has 9 heteroatoms. The van der Waals surface area contributed by atoms with Crippen LogP contribution in [0.1, 0.15) is 26.3 Å². The van der Waals surface area contributed by atoms with E-state index in [1.165, 1.54) is 49.6 Å². The van der Waals surface area contributed by atoms with Gasteiger partial charge in [-0.1, -0.05) is 34.1 Å². The molecular formula is C24H18BrFN2O5. The molecule has 3 aromatic carbocycles. The molecule has 33 heavy (non-hydrogen) atoms. The van der Waals surface area contributed by atoms with Crippen LogP contribution in [-0.4, -0.2) is 30.0 Å². The van der Waals surface area contributed by atoms with E-state index in [2.05, 4.69) is 26.6 Å². The summed E-state index contributed by atoms with van der Waals surface area (Å²) in [7, 11) is 1.36. The van der Waals surface area contributed by atoms with E-state index in [-0.39, 0.29) is 33.8 Å². The number of ether oxygens (including phenoxy) is 1. The summed E-state index contributed by atoms with van der Waals surface area (Å²) in [5.74, 6) is -2.97. The average molecular weight is 513 g/mol. The lowest BCUT2D eigenvalue weighted by Crippen LogP contribution is -2.31. The fourth-order valence-corrected chi connectivity index (χ4v) is 3.09. The van der Waals surface area contributed by atoms with Crippen LogP contribution in [-0.2, 0) is 4.79 Å². The highest BCUT2D eigenvalue weighted by Crippen LogP contribution is 2.26. The molecule has 3 aromatic rings. The van der Waals surface area contributed by atoms with Gasteiger partial charge in [0.15, 0.2) is 0 Å². The molecule has 0 saturated carbocycles. The van der Waals surface area contributed by atoms with E-state index in [1.807, 2.05) is 0 Å². The number of amides is 2. The predicted molar refractivity (Wildman–Crippen MR) is 125 cm³/mol. The van der Waals surface area contributed by atoms with Crippen molar-refractivity contribution in [2.24, 2.45) is 0 Å². The minimum absolute atomic E-state index is 0.0692. The Bertz CT molecular complexity index is 1240. The smallest absolute Gasteiger partial charge is 0.335 e. The van der Waals surface area contributed by atoms with Crippen LogP contribution in [0.25, 0.3) is 6.08 Å². The van der Waals surface area contributed by atoms with Crippen molar-refractivity contribution in [3.63, 3.8) is 0 Å². The number of hydrogen-bond donors (Lipinski definition) is 3. The molecule has 0 radical (unpaired) electrons. The van der Waals surface area contributed by atoms with Gasteiger partial charge in [-0.05, 0) is 54.6 Å². The third kappa shape index (κ3) is 6.05. The summed E-state index contributed by atoms with van der Waals surface area (Å²) >= 11 is 3.28. The van der Waals surface area contributed by atoms with Crippen LogP contribution in [0, 0.1) is 5.82 Å². The third-order valence-electron chi connectivity index (χ3n) is 4.50. The van der Waals surface area contributed by atoms with E-state index in [0.717, 1.165) is 4.47 Å². The predicted octanol–water partition coefficient (Wildman–Crippen LogP) is 4.70. The Labute approximate surface area is 197 Å². The summed E-state index contributed by atoms with van der Waals surface area (Å²) in [5.41, 5.74) is 0.0843. The normalized spacial score (nSPS) is 10.9. The molecule has 0 atom stereocenters. The summed E-state index contributed by atoms with van der Waals surface area (Å²) in [5, 5.41) is 14.3. The average Bonchev–Trinajstić information content (AvgIpc) is 2.80. The van der Waals surface area contributed by atoms with Gasteiger partial charge in [-0.25, -0.2) is 9.18 Å². The molecule has 0 aliphatic carbocycles. The lowest BCUT2D eigenvalue weighted by molar-refractivity contribution is -0.113. The molecule has 7 nitrogen and oxygen atoms in total. The first-order chi connectivity index (χ1) is 15.8. The van der Waals surface area contributed by atoms with Gasteiger partial charge in [0.05, 0.1) is 18.4 Å². The van der Waals surface area contributed by atoms with Crippen molar-refractivity contribution in [3.05, 3.63) is 99.4 Å². The van der Waals surface area contributed by atoms with Crippen molar-refractivity contribution in [2.45, 2.75) is 0 Å². The maximum atomic E-state index is 14.2. The summed E-state index contributed by atoms with van der Waals surface area (Å²) < 4.78 is 20.2. The number of methoxy groups -OCH3 is 1. The molecule has 0 aliphatic rings. The molecule has 0 saturated heterocycles. The number of nitrogens with one attached hydrogen (secondary N) is 2. The van der Waals surface area contributed by atoms with Gasteiger partial charge in [-0.3, -0.25) is 9.59 Å². The van der Waals surface area contributed by atoms with Crippen LogP contribution in [0.4, 0.5) is 10.1 Å².